The third kappa shape index (κ3) is 6.14. The molecule has 0 aromatic heterocycles. The van der Waals surface area contributed by atoms with Crippen molar-refractivity contribution < 1.29 is 31.9 Å². The number of rotatable bonds is 8. The van der Waals surface area contributed by atoms with E-state index in [-0.39, 0.29) is 11.3 Å². The lowest BCUT2D eigenvalue weighted by atomic mass is 10.2. The number of hydrogen-bond acceptors (Lipinski definition) is 8. The fourth-order valence-electron chi connectivity index (χ4n) is 2.62. The number of nitro groups is 1. The van der Waals surface area contributed by atoms with Gasteiger partial charge in [-0.05, 0) is 49.4 Å². The highest BCUT2D eigenvalue weighted by molar-refractivity contribution is 7.87. The standard InChI is InChI=1S/C22H18N2O8S/c1-15(21(25)23-17-6-3-2-4-7-17)31-22(26)16-10-12-19(13-11-16)32-33(29,30)20-9-5-8-18(14-20)24(27)28/h2-15H,1H3,(H,23,25)/t15-/m1/s1. The molecule has 0 aliphatic heterocycles. The molecule has 0 fully saturated rings. The molecule has 0 unspecified atom stereocenters. The van der Waals surface area contributed by atoms with E-state index in [0.29, 0.717) is 5.69 Å². The Balaban J connectivity index is 1.63. The second kappa shape index (κ2) is 9.92. The minimum atomic E-state index is -4.34. The zero-order valence-corrected chi connectivity index (χ0v) is 18.0. The van der Waals surface area contributed by atoms with Crippen LogP contribution in [0.5, 0.6) is 5.75 Å². The predicted octanol–water partition coefficient (Wildman–Crippen LogP) is 3.55. The van der Waals surface area contributed by atoms with E-state index in [1.54, 1.807) is 30.3 Å². The van der Waals surface area contributed by atoms with E-state index in [1.807, 2.05) is 0 Å². The number of nitrogens with zero attached hydrogens (tertiary/aromatic N) is 1. The molecule has 3 rings (SSSR count). The Hall–Kier alpha value is -4.25. The Bertz CT molecular complexity index is 1280. The summed E-state index contributed by atoms with van der Waals surface area (Å²) in [6, 6.07) is 18.1. The molecular weight excluding hydrogens is 452 g/mol. The van der Waals surface area contributed by atoms with Gasteiger partial charge in [0, 0.05) is 17.8 Å². The number of ether oxygens (including phenoxy) is 1. The lowest BCUT2D eigenvalue weighted by molar-refractivity contribution is -0.385. The molecule has 1 amide bonds. The van der Waals surface area contributed by atoms with E-state index in [0.717, 1.165) is 18.2 Å². The molecule has 10 nitrogen and oxygen atoms in total. The van der Waals surface area contributed by atoms with Crippen molar-refractivity contribution in [3.8, 4) is 5.75 Å². The second-order valence-corrected chi connectivity index (χ2v) is 8.27. The number of para-hydroxylation sites is 1. The van der Waals surface area contributed by atoms with Gasteiger partial charge in [-0.1, -0.05) is 24.3 Å². The number of carbonyl (C=O) groups excluding carboxylic acids is 2. The van der Waals surface area contributed by atoms with Crippen LogP contribution < -0.4 is 9.50 Å². The van der Waals surface area contributed by atoms with Crippen molar-refractivity contribution in [2.24, 2.45) is 0 Å². The topological polar surface area (TPSA) is 142 Å². The quantitative estimate of drug-likeness (QED) is 0.228. The molecule has 1 atom stereocenters. The molecule has 33 heavy (non-hydrogen) atoms. The average molecular weight is 470 g/mol. The van der Waals surface area contributed by atoms with Gasteiger partial charge in [0.15, 0.2) is 6.10 Å². The molecule has 0 spiro atoms. The summed E-state index contributed by atoms with van der Waals surface area (Å²) < 4.78 is 34.9. The molecule has 0 bridgehead atoms. The van der Waals surface area contributed by atoms with Crippen LogP contribution in [0.25, 0.3) is 0 Å². The van der Waals surface area contributed by atoms with Gasteiger partial charge in [-0.25, -0.2) is 4.79 Å². The van der Waals surface area contributed by atoms with E-state index in [1.165, 1.54) is 37.3 Å². The van der Waals surface area contributed by atoms with E-state index < -0.39 is 43.6 Å². The van der Waals surface area contributed by atoms with Crippen LogP contribution in [0.15, 0.2) is 83.8 Å². The van der Waals surface area contributed by atoms with Gasteiger partial charge in [-0.15, -0.1) is 0 Å². The van der Waals surface area contributed by atoms with Crippen molar-refractivity contribution in [3.05, 3.63) is 94.5 Å². The van der Waals surface area contributed by atoms with Crippen molar-refractivity contribution in [2.75, 3.05) is 5.32 Å². The normalized spacial score (nSPS) is 11.8. The van der Waals surface area contributed by atoms with Crippen LogP contribution in [0.1, 0.15) is 17.3 Å². The highest BCUT2D eigenvalue weighted by atomic mass is 32.2. The summed E-state index contributed by atoms with van der Waals surface area (Å²) in [4.78, 5) is 34.2. The van der Waals surface area contributed by atoms with Crippen LogP contribution in [0.3, 0.4) is 0 Å². The number of nitro benzene ring substituents is 1. The Morgan fingerprint density at radius 3 is 2.27 bits per heavy atom. The summed E-state index contributed by atoms with van der Waals surface area (Å²) in [5.74, 6) is -1.43. The molecule has 0 radical (unpaired) electrons. The largest absolute Gasteiger partial charge is 0.449 e. The van der Waals surface area contributed by atoms with Gasteiger partial charge in [-0.3, -0.25) is 14.9 Å². The Morgan fingerprint density at radius 2 is 1.64 bits per heavy atom. The molecule has 3 aromatic carbocycles. The smallest absolute Gasteiger partial charge is 0.339 e. The van der Waals surface area contributed by atoms with Gasteiger partial charge in [0.2, 0.25) is 0 Å². The number of carbonyl (C=O) groups is 2. The van der Waals surface area contributed by atoms with Gasteiger partial charge in [-0.2, -0.15) is 8.42 Å². The fourth-order valence-corrected chi connectivity index (χ4v) is 3.59. The van der Waals surface area contributed by atoms with Crippen LogP contribution in [-0.2, 0) is 19.6 Å². The summed E-state index contributed by atoms with van der Waals surface area (Å²) in [7, 11) is -4.34. The minimum Gasteiger partial charge on any atom is -0.449 e. The number of non-ortho nitro benzene ring substituents is 1. The maximum Gasteiger partial charge on any atom is 0.339 e. The summed E-state index contributed by atoms with van der Waals surface area (Å²) >= 11 is 0. The Kier molecular flexibility index (Phi) is 7.04. The predicted molar refractivity (Wildman–Crippen MR) is 117 cm³/mol. The van der Waals surface area contributed by atoms with Gasteiger partial charge < -0.3 is 14.2 Å². The van der Waals surface area contributed by atoms with Crippen molar-refractivity contribution in [3.63, 3.8) is 0 Å². The second-order valence-electron chi connectivity index (χ2n) is 6.72. The lowest BCUT2D eigenvalue weighted by Crippen LogP contribution is -2.29. The summed E-state index contributed by atoms with van der Waals surface area (Å²) in [6.07, 6.45) is -1.08. The van der Waals surface area contributed by atoms with Crippen molar-refractivity contribution in [1.82, 2.24) is 0 Å². The Morgan fingerprint density at radius 1 is 0.970 bits per heavy atom. The van der Waals surface area contributed by atoms with E-state index in [2.05, 4.69) is 5.32 Å². The van der Waals surface area contributed by atoms with Crippen LogP contribution in [0.2, 0.25) is 0 Å². The zero-order chi connectivity index (χ0) is 24.0. The third-order valence-electron chi connectivity index (χ3n) is 4.31. The first-order valence-electron chi connectivity index (χ1n) is 9.51. The number of amides is 1. The molecule has 0 saturated carbocycles. The molecule has 1 N–H and O–H groups in total. The van der Waals surface area contributed by atoms with Crippen LogP contribution in [0, 0.1) is 10.1 Å². The number of benzene rings is 3. The molecule has 0 saturated heterocycles. The first kappa shape index (κ1) is 23.4. The summed E-state index contributed by atoms with van der Waals surface area (Å²) in [6.45, 7) is 1.42. The number of esters is 1. The average Bonchev–Trinajstić information content (AvgIpc) is 2.80. The summed E-state index contributed by atoms with van der Waals surface area (Å²) in [5.41, 5.74) is 0.217. The molecule has 0 heterocycles. The van der Waals surface area contributed by atoms with Gasteiger partial charge in [0.25, 0.3) is 11.6 Å². The molecule has 0 aliphatic carbocycles. The van der Waals surface area contributed by atoms with Crippen LogP contribution in [-0.4, -0.2) is 31.3 Å². The van der Waals surface area contributed by atoms with Gasteiger partial charge in [0.1, 0.15) is 10.6 Å². The number of hydrogen-bond donors (Lipinski definition) is 1. The number of anilines is 1. The minimum absolute atomic E-state index is 0.0643. The maximum absolute atomic E-state index is 12.4. The van der Waals surface area contributed by atoms with E-state index in [4.69, 9.17) is 8.92 Å². The van der Waals surface area contributed by atoms with Crippen molar-refractivity contribution >= 4 is 33.4 Å². The maximum atomic E-state index is 12.4. The molecule has 3 aromatic rings. The Labute approximate surface area is 189 Å². The summed E-state index contributed by atoms with van der Waals surface area (Å²) in [5, 5.41) is 13.5. The van der Waals surface area contributed by atoms with Crippen LogP contribution in [0.4, 0.5) is 11.4 Å². The lowest BCUT2D eigenvalue weighted by Gasteiger charge is -2.14. The van der Waals surface area contributed by atoms with E-state index in [9.17, 15) is 28.1 Å². The van der Waals surface area contributed by atoms with Gasteiger partial charge in [0.05, 0.1) is 10.5 Å². The molecule has 0 aliphatic rings. The highest BCUT2D eigenvalue weighted by Crippen LogP contribution is 2.22. The molecule has 170 valence electrons. The first-order valence-corrected chi connectivity index (χ1v) is 10.9. The van der Waals surface area contributed by atoms with Crippen molar-refractivity contribution in [2.45, 2.75) is 17.9 Å². The fraction of sp³-hybridized carbons (Fsp3) is 0.0909. The van der Waals surface area contributed by atoms with Crippen molar-refractivity contribution in [1.29, 1.82) is 0 Å². The SMILES string of the molecule is C[C@@H](OC(=O)c1ccc(OS(=O)(=O)c2cccc([N+](=O)[O-])c2)cc1)C(=O)Nc1ccccc1. The monoisotopic (exact) mass is 470 g/mol. The molecule has 11 heteroatoms. The third-order valence-corrected chi connectivity index (χ3v) is 5.55. The zero-order valence-electron chi connectivity index (χ0n) is 17.2. The van der Waals surface area contributed by atoms with Gasteiger partial charge >= 0.3 is 16.1 Å². The highest BCUT2D eigenvalue weighted by Gasteiger charge is 2.21. The van der Waals surface area contributed by atoms with Crippen LogP contribution >= 0.6 is 0 Å². The molecular formula is C22H18N2O8S. The number of nitrogens with one attached hydrogen (secondary N) is 1. The van der Waals surface area contributed by atoms with E-state index >= 15 is 0 Å². The first-order chi connectivity index (χ1) is 15.7.